The fourth-order valence-electron chi connectivity index (χ4n) is 2.06. The fourth-order valence-corrected chi connectivity index (χ4v) is 2.06. The molecule has 5 nitrogen and oxygen atoms in total. The number of hydrogen-bond acceptors (Lipinski definition) is 5. The van der Waals surface area contributed by atoms with E-state index in [1.165, 1.54) is 7.11 Å². The minimum Gasteiger partial charge on any atom is -0.497 e. The molecule has 0 bridgehead atoms. The van der Waals surface area contributed by atoms with Gasteiger partial charge in [0.1, 0.15) is 23.0 Å². The Bertz CT molecular complexity index is 779. The molecule has 1 aromatic heterocycles. The molecule has 1 aromatic carbocycles. The molecule has 0 unspecified atom stereocenters. The van der Waals surface area contributed by atoms with E-state index in [1.807, 2.05) is 6.92 Å². The van der Waals surface area contributed by atoms with Gasteiger partial charge in [-0.15, -0.1) is 5.92 Å². The average Bonchev–Trinajstić information content (AvgIpc) is 2.51. The van der Waals surface area contributed by atoms with Crippen LogP contribution in [0.5, 0.6) is 17.4 Å². The van der Waals surface area contributed by atoms with Crippen molar-refractivity contribution in [2.75, 3.05) is 14.2 Å². The van der Waals surface area contributed by atoms with Crippen molar-refractivity contribution in [2.45, 2.75) is 26.4 Å². The number of benzene rings is 1. The third kappa shape index (κ3) is 3.34. The standard InChI is InChI=1S/C17H18O5/c1-5-6-7-11(2)21-15-9-12-8-13(19-3)10-14(20-4)16(12)17(18)22-15/h8-11H,7H2,1-4H3/t11-/m0/s1. The summed E-state index contributed by atoms with van der Waals surface area (Å²) in [6, 6.07) is 5.02. The van der Waals surface area contributed by atoms with Crippen LogP contribution in [0, 0.1) is 11.8 Å². The molecular weight excluding hydrogens is 284 g/mol. The molecule has 0 fully saturated rings. The Balaban J connectivity index is 2.46. The molecular formula is C17H18O5. The van der Waals surface area contributed by atoms with Crippen LogP contribution in [0.4, 0.5) is 0 Å². The highest BCUT2D eigenvalue weighted by atomic mass is 16.6. The molecule has 116 valence electrons. The normalized spacial score (nSPS) is 11.5. The van der Waals surface area contributed by atoms with E-state index in [4.69, 9.17) is 18.6 Å². The molecule has 0 aliphatic rings. The zero-order chi connectivity index (χ0) is 16.1. The predicted molar refractivity (Wildman–Crippen MR) is 83.7 cm³/mol. The van der Waals surface area contributed by atoms with E-state index < -0.39 is 5.63 Å². The Morgan fingerprint density at radius 3 is 2.64 bits per heavy atom. The highest BCUT2D eigenvalue weighted by Gasteiger charge is 2.14. The largest absolute Gasteiger partial charge is 0.497 e. The van der Waals surface area contributed by atoms with Crippen LogP contribution in [0.25, 0.3) is 10.8 Å². The van der Waals surface area contributed by atoms with Crippen LogP contribution in [0.2, 0.25) is 0 Å². The highest BCUT2D eigenvalue weighted by molar-refractivity contribution is 5.89. The number of methoxy groups -OCH3 is 2. The first-order valence-corrected chi connectivity index (χ1v) is 6.85. The van der Waals surface area contributed by atoms with Crippen LogP contribution in [0.3, 0.4) is 0 Å². The zero-order valence-electron chi connectivity index (χ0n) is 13.1. The van der Waals surface area contributed by atoms with Gasteiger partial charge in [-0.25, -0.2) is 4.79 Å². The number of hydrogen-bond donors (Lipinski definition) is 0. The Morgan fingerprint density at radius 1 is 1.23 bits per heavy atom. The van der Waals surface area contributed by atoms with Crippen LogP contribution in [0.1, 0.15) is 20.3 Å². The van der Waals surface area contributed by atoms with E-state index in [0.29, 0.717) is 28.7 Å². The van der Waals surface area contributed by atoms with Crippen molar-refractivity contribution in [3.05, 3.63) is 28.6 Å². The molecule has 0 N–H and O–H groups in total. The molecule has 0 saturated carbocycles. The Hall–Kier alpha value is -2.61. The maximum Gasteiger partial charge on any atom is 0.350 e. The summed E-state index contributed by atoms with van der Waals surface area (Å²) in [4.78, 5) is 12.2. The minimum absolute atomic E-state index is 0.151. The summed E-state index contributed by atoms with van der Waals surface area (Å²) in [7, 11) is 3.04. The lowest BCUT2D eigenvalue weighted by Gasteiger charge is -2.12. The number of fused-ring (bicyclic) bond motifs is 1. The van der Waals surface area contributed by atoms with Crippen LogP contribution >= 0.6 is 0 Å². The molecule has 0 spiro atoms. The van der Waals surface area contributed by atoms with E-state index in [1.54, 1.807) is 32.2 Å². The number of ether oxygens (including phenoxy) is 3. The highest BCUT2D eigenvalue weighted by Crippen LogP contribution is 2.31. The van der Waals surface area contributed by atoms with Crippen molar-refractivity contribution >= 4 is 10.8 Å². The molecule has 0 amide bonds. The van der Waals surface area contributed by atoms with Crippen molar-refractivity contribution < 1.29 is 18.6 Å². The SMILES string of the molecule is CC#CC[C@H](C)Oc1cc2cc(OC)cc(OC)c2c(=O)o1. The van der Waals surface area contributed by atoms with E-state index in [2.05, 4.69) is 11.8 Å². The van der Waals surface area contributed by atoms with Gasteiger partial charge in [-0.2, -0.15) is 0 Å². The summed E-state index contributed by atoms with van der Waals surface area (Å²) >= 11 is 0. The minimum atomic E-state index is -0.513. The van der Waals surface area contributed by atoms with Crippen LogP contribution < -0.4 is 19.8 Å². The zero-order valence-corrected chi connectivity index (χ0v) is 13.1. The smallest absolute Gasteiger partial charge is 0.350 e. The first-order valence-electron chi connectivity index (χ1n) is 6.85. The summed E-state index contributed by atoms with van der Waals surface area (Å²) in [6.45, 7) is 3.63. The maximum atomic E-state index is 12.2. The molecule has 1 atom stereocenters. The second-order valence-electron chi connectivity index (χ2n) is 4.71. The topological polar surface area (TPSA) is 57.9 Å². The molecule has 0 aliphatic heterocycles. The van der Waals surface area contributed by atoms with Gasteiger partial charge >= 0.3 is 5.63 Å². The molecule has 1 heterocycles. The second kappa shape index (κ2) is 6.90. The van der Waals surface area contributed by atoms with E-state index in [9.17, 15) is 4.79 Å². The van der Waals surface area contributed by atoms with E-state index in [-0.39, 0.29) is 12.1 Å². The van der Waals surface area contributed by atoms with Gasteiger partial charge in [-0.05, 0) is 19.9 Å². The van der Waals surface area contributed by atoms with Gasteiger partial charge in [0.2, 0.25) is 0 Å². The molecule has 0 aliphatic carbocycles. The van der Waals surface area contributed by atoms with Crippen molar-refractivity contribution in [2.24, 2.45) is 0 Å². The van der Waals surface area contributed by atoms with Gasteiger partial charge in [0.15, 0.2) is 0 Å². The maximum absolute atomic E-state index is 12.2. The summed E-state index contributed by atoms with van der Waals surface area (Å²) in [5.41, 5.74) is -0.513. The summed E-state index contributed by atoms with van der Waals surface area (Å²) in [5, 5.41) is 0.993. The Labute approximate surface area is 128 Å². The van der Waals surface area contributed by atoms with Gasteiger partial charge in [-0.1, -0.05) is 5.92 Å². The van der Waals surface area contributed by atoms with Gasteiger partial charge < -0.3 is 18.6 Å². The monoisotopic (exact) mass is 302 g/mol. The summed E-state index contributed by atoms with van der Waals surface area (Å²) < 4.78 is 21.2. The van der Waals surface area contributed by atoms with Crippen molar-refractivity contribution in [3.8, 4) is 29.3 Å². The lowest BCUT2D eigenvalue weighted by atomic mass is 10.1. The fraction of sp³-hybridized carbons (Fsp3) is 0.353. The Morgan fingerprint density at radius 2 is 2.00 bits per heavy atom. The van der Waals surface area contributed by atoms with Crippen molar-refractivity contribution in [1.82, 2.24) is 0 Å². The molecule has 2 aromatic rings. The lowest BCUT2D eigenvalue weighted by Crippen LogP contribution is -2.12. The van der Waals surface area contributed by atoms with Gasteiger partial charge in [0.25, 0.3) is 5.95 Å². The molecule has 0 radical (unpaired) electrons. The van der Waals surface area contributed by atoms with Crippen molar-refractivity contribution in [1.29, 1.82) is 0 Å². The third-order valence-corrected chi connectivity index (χ3v) is 3.12. The molecule has 5 heteroatoms. The second-order valence-corrected chi connectivity index (χ2v) is 4.71. The van der Waals surface area contributed by atoms with Crippen LogP contribution in [0.15, 0.2) is 27.4 Å². The lowest BCUT2D eigenvalue weighted by molar-refractivity contribution is 0.168. The molecule has 0 saturated heterocycles. The molecule has 2 rings (SSSR count). The van der Waals surface area contributed by atoms with Gasteiger partial charge in [0.05, 0.1) is 14.2 Å². The van der Waals surface area contributed by atoms with Gasteiger partial charge in [0, 0.05) is 23.9 Å². The third-order valence-electron chi connectivity index (χ3n) is 3.12. The molecule has 22 heavy (non-hydrogen) atoms. The summed E-state index contributed by atoms with van der Waals surface area (Å²) in [5.74, 6) is 6.86. The number of rotatable bonds is 5. The van der Waals surface area contributed by atoms with Crippen LogP contribution in [-0.2, 0) is 0 Å². The van der Waals surface area contributed by atoms with Gasteiger partial charge in [-0.3, -0.25) is 0 Å². The quantitative estimate of drug-likeness (QED) is 0.795. The Kier molecular flexibility index (Phi) is 4.95. The van der Waals surface area contributed by atoms with E-state index in [0.717, 1.165) is 0 Å². The van der Waals surface area contributed by atoms with E-state index >= 15 is 0 Å². The summed E-state index contributed by atoms with van der Waals surface area (Å²) in [6.07, 6.45) is 0.375. The predicted octanol–water partition coefficient (Wildman–Crippen LogP) is 2.99. The first-order chi connectivity index (χ1) is 10.6. The average molecular weight is 302 g/mol. The van der Waals surface area contributed by atoms with Crippen molar-refractivity contribution in [3.63, 3.8) is 0 Å². The first kappa shape index (κ1) is 15.8. The van der Waals surface area contributed by atoms with Crippen LogP contribution in [-0.4, -0.2) is 20.3 Å².